The number of rotatable bonds is 5. The third-order valence-electron chi connectivity index (χ3n) is 3.23. The van der Waals surface area contributed by atoms with Gasteiger partial charge in [-0.2, -0.15) is 0 Å². The lowest BCUT2D eigenvalue weighted by Gasteiger charge is -2.39. The second kappa shape index (κ2) is 4.30. The van der Waals surface area contributed by atoms with Crippen molar-refractivity contribution in [1.82, 2.24) is 10.2 Å². The molecule has 3 nitrogen and oxygen atoms in total. The molecule has 80 valence electrons. The van der Waals surface area contributed by atoms with Gasteiger partial charge < -0.3 is 10.2 Å². The summed E-state index contributed by atoms with van der Waals surface area (Å²) in [5.41, 5.74) is 0. The van der Waals surface area contributed by atoms with E-state index in [0.29, 0.717) is 11.8 Å². The first-order valence-electron chi connectivity index (χ1n) is 5.74. The van der Waals surface area contributed by atoms with Crippen LogP contribution in [0.2, 0.25) is 0 Å². The van der Waals surface area contributed by atoms with E-state index >= 15 is 0 Å². The molecule has 3 heteroatoms. The maximum absolute atomic E-state index is 11.6. The van der Waals surface area contributed by atoms with E-state index < -0.39 is 0 Å². The normalized spacial score (nSPS) is 22.2. The van der Waals surface area contributed by atoms with Crippen molar-refractivity contribution in [2.45, 2.75) is 25.7 Å². The van der Waals surface area contributed by atoms with Gasteiger partial charge >= 0.3 is 0 Å². The molecule has 1 N–H and O–H groups in total. The van der Waals surface area contributed by atoms with E-state index in [-0.39, 0.29) is 0 Å². The zero-order chi connectivity index (χ0) is 9.97. The highest BCUT2D eigenvalue weighted by Gasteiger charge is 2.38. The van der Waals surface area contributed by atoms with Crippen LogP contribution in [0.25, 0.3) is 0 Å². The molecule has 2 rings (SSSR count). The van der Waals surface area contributed by atoms with Crippen molar-refractivity contribution < 1.29 is 4.79 Å². The molecule has 0 bridgehead atoms. The number of carbonyl (C=O) groups excluding carboxylic acids is 1. The Balaban J connectivity index is 1.57. The minimum atomic E-state index is 0.410. The van der Waals surface area contributed by atoms with Gasteiger partial charge in [-0.15, -0.1) is 0 Å². The summed E-state index contributed by atoms with van der Waals surface area (Å²) in [4.78, 5) is 13.6. The average molecular weight is 196 g/mol. The van der Waals surface area contributed by atoms with E-state index in [1.54, 1.807) is 0 Å². The fourth-order valence-electron chi connectivity index (χ4n) is 2.09. The molecule has 0 aromatic carbocycles. The summed E-state index contributed by atoms with van der Waals surface area (Å²) < 4.78 is 0. The molecule has 0 atom stereocenters. The monoisotopic (exact) mass is 196 g/mol. The number of likely N-dealkylation sites (tertiary alicyclic amines) is 1. The quantitative estimate of drug-likeness (QED) is 0.661. The highest BCUT2D eigenvalue weighted by atomic mass is 16.2. The van der Waals surface area contributed by atoms with Gasteiger partial charge in [-0.25, -0.2) is 0 Å². The van der Waals surface area contributed by atoms with Gasteiger partial charge in [0.05, 0.1) is 0 Å². The van der Waals surface area contributed by atoms with Gasteiger partial charge in [-0.1, -0.05) is 0 Å². The van der Waals surface area contributed by atoms with Gasteiger partial charge in [0.2, 0.25) is 5.91 Å². The summed E-state index contributed by atoms with van der Waals surface area (Å²) in [6.45, 7) is 3.16. The Morgan fingerprint density at radius 2 is 2.14 bits per heavy atom. The Morgan fingerprint density at radius 3 is 2.71 bits per heavy atom. The maximum atomic E-state index is 11.6. The lowest BCUT2D eigenvalue weighted by molar-refractivity contribution is -0.139. The van der Waals surface area contributed by atoms with Gasteiger partial charge in [-0.05, 0) is 45.2 Å². The third-order valence-corrected chi connectivity index (χ3v) is 3.23. The van der Waals surface area contributed by atoms with Gasteiger partial charge in [-0.3, -0.25) is 4.79 Å². The summed E-state index contributed by atoms with van der Waals surface area (Å²) in [6.07, 6.45) is 4.79. The molecule has 1 aliphatic carbocycles. The number of hydrogen-bond donors (Lipinski definition) is 1. The molecule has 0 aromatic heterocycles. The minimum absolute atomic E-state index is 0.410. The first kappa shape index (κ1) is 9.97. The van der Waals surface area contributed by atoms with E-state index in [4.69, 9.17) is 0 Å². The number of nitrogens with zero attached hydrogens (tertiary/aromatic N) is 1. The molecule has 0 radical (unpaired) electrons. The van der Waals surface area contributed by atoms with Crippen molar-refractivity contribution in [3.05, 3.63) is 0 Å². The molecule has 1 heterocycles. The van der Waals surface area contributed by atoms with E-state index in [2.05, 4.69) is 5.32 Å². The number of hydrogen-bond acceptors (Lipinski definition) is 2. The lowest BCUT2D eigenvalue weighted by atomic mass is 9.94. The molecular weight excluding hydrogens is 176 g/mol. The van der Waals surface area contributed by atoms with Gasteiger partial charge in [0.1, 0.15) is 0 Å². The average Bonchev–Trinajstić information content (AvgIpc) is 2.90. The van der Waals surface area contributed by atoms with Crippen LogP contribution in [0.5, 0.6) is 0 Å². The molecule has 14 heavy (non-hydrogen) atoms. The Morgan fingerprint density at radius 1 is 1.43 bits per heavy atom. The lowest BCUT2D eigenvalue weighted by Crippen LogP contribution is -2.50. The predicted octanol–water partition coefficient (Wildman–Crippen LogP) is 0.854. The standard InChI is InChI=1S/C11H20N2O/c1-12-6-2-3-9-7-13(8-9)11(14)10-4-5-10/h9-10,12H,2-8H2,1H3. The fraction of sp³-hybridized carbons (Fsp3) is 0.909. The van der Waals surface area contributed by atoms with E-state index in [0.717, 1.165) is 38.4 Å². The van der Waals surface area contributed by atoms with Gasteiger partial charge in [0.25, 0.3) is 0 Å². The predicted molar refractivity (Wildman–Crippen MR) is 56.0 cm³/mol. The topological polar surface area (TPSA) is 32.3 Å². The Kier molecular flexibility index (Phi) is 3.06. The molecule has 1 saturated carbocycles. The third kappa shape index (κ3) is 2.27. The zero-order valence-electron chi connectivity index (χ0n) is 8.96. The van der Waals surface area contributed by atoms with Gasteiger partial charge in [0, 0.05) is 19.0 Å². The van der Waals surface area contributed by atoms with E-state index in [1.165, 1.54) is 12.8 Å². The second-order valence-electron chi connectivity index (χ2n) is 4.63. The molecule has 2 aliphatic rings. The van der Waals surface area contributed by atoms with E-state index in [1.807, 2.05) is 11.9 Å². The molecule has 1 aliphatic heterocycles. The highest BCUT2D eigenvalue weighted by molar-refractivity contribution is 5.81. The summed E-state index contributed by atoms with van der Waals surface area (Å²) in [5.74, 6) is 1.62. The fourth-order valence-corrected chi connectivity index (χ4v) is 2.09. The Hall–Kier alpha value is -0.570. The van der Waals surface area contributed by atoms with Crippen molar-refractivity contribution in [3.8, 4) is 0 Å². The SMILES string of the molecule is CNCCCC1CN(C(=O)C2CC2)C1. The number of carbonyl (C=O) groups is 1. The largest absolute Gasteiger partial charge is 0.342 e. The van der Waals surface area contributed by atoms with Crippen LogP contribution in [0.1, 0.15) is 25.7 Å². The minimum Gasteiger partial charge on any atom is -0.342 e. The zero-order valence-corrected chi connectivity index (χ0v) is 8.96. The van der Waals surface area contributed by atoms with Crippen LogP contribution in [-0.4, -0.2) is 37.5 Å². The molecule has 0 unspecified atom stereocenters. The summed E-state index contributed by atoms with van der Waals surface area (Å²) in [7, 11) is 1.99. The van der Waals surface area contributed by atoms with Crippen molar-refractivity contribution in [1.29, 1.82) is 0 Å². The second-order valence-corrected chi connectivity index (χ2v) is 4.63. The van der Waals surface area contributed by atoms with Crippen LogP contribution in [0.3, 0.4) is 0 Å². The van der Waals surface area contributed by atoms with Crippen LogP contribution in [0, 0.1) is 11.8 Å². The number of amides is 1. The molecule has 1 amide bonds. The molecular formula is C11H20N2O. The first-order valence-corrected chi connectivity index (χ1v) is 5.74. The highest BCUT2D eigenvalue weighted by Crippen LogP contribution is 2.34. The molecule has 2 fully saturated rings. The van der Waals surface area contributed by atoms with Crippen LogP contribution in [0.4, 0.5) is 0 Å². The van der Waals surface area contributed by atoms with E-state index in [9.17, 15) is 4.79 Å². The summed E-state index contributed by atoms with van der Waals surface area (Å²) in [6, 6.07) is 0. The maximum Gasteiger partial charge on any atom is 0.225 e. The molecule has 1 saturated heterocycles. The summed E-state index contributed by atoms with van der Waals surface area (Å²) >= 11 is 0. The smallest absolute Gasteiger partial charge is 0.225 e. The van der Waals surface area contributed by atoms with Crippen molar-refractivity contribution in [2.75, 3.05) is 26.7 Å². The number of nitrogens with one attached hydrogen (secondary N) is 1. The van der Waals surface area contributed by atoms with Crippen molar-refractivity contribution in [3.63, 3.8) is 0 Å². The van der Waals surface area contributed by atoms with Crippen molar-refractivity contribution >= 4 is 5.91 Å². The van der Waals surface area contributed by atoms with Crippen LogP contribution < -0.4 is 5.32 Å². The Bertz CT molecular complexity index is 207. The molecule has 0 aromatic rings. The van der Waals surface area contributed by atoms with Crippen molar-refractivity contribution in [2.24, 2.45) is 11.8 Å². The summed E-state index contributed by atoms with van der Waals surface area (Å²) in [5, 5.41) is 3.15. The Labute approximate surface area is 85.8 Å². The first-order chi connectivity index (χ1) is 6.81. The van der Waals surface area contributed by atoms with Gasteiger partial charge in [0.15, 0.2) is 0 Å². The van der Waals surface area contributed by atoms with Crippen LogP contribution in [-0.2, 0) is 4.79 Å². The van der Waals surface area contributed by atoms with Crippen LogP contribution >= 0.6 is 0 Å². The van der Waals surface area contributed by atoms with Crippen LogP contribution in [0.15, 0.2) is 0 Å². The molecule has 0 spiro atoms.